The third-order valence-electron chi connectivity index (χ3n) is 5.71. The van der Waals surface area contributed by atoms with Gasteiger partial charge in [-0.15, -0.1) is 24.0 Å². The van der Waals surface area contributed by atoms with Crippen molar-refractivity contribution in [3.8, 4) is 0 Å². The molecule has 1 saturated heterocycles. The van der Waals surface area contributed by atoms with Crippen LogP contribution in [-0.4, -0.2) is 72.9 Å². The van der Waals surface area contributed by atoms with Crippen molar-refractivity contribution in [2.45, 2.75) is 57.6 Å². The van der Waals surface area contributed by atoms with E-state index >= 15 is 0 Å². The first-order valence-electron chi connectivity index (χ1n) is 10.5. The lowest BCUT2D eigenvalue weighted by molar-refractivity contribution is -0.0660. The summed E-state index contributed by atoms with van der Waals surface area (Å²) in [5.74, 6) is 1.00. The summed E-state index contributed by atoms with van der Waals surface area (Å²) < 4.78 is 11.2. The molecule has 1 aliphatic carbocycles. The number of nitrogens with one attached hydrogen (secondary N) is 1. The van der Waals surface area contributed by atoms with Gasteiger partial charge in [-0.05, 0) is 19.3 Å². The topological polar surface area (TPSA) is 66.1 Å². The van der Waals surface area contributed by atoms with Gasteiger partial charge in [0.05, 0.1) is 11.3 Å². The zero-order valence-electron chi connectivity index (χ0n) is 17.4. The van der Waals surface area contributed by atoms with E-state index in [0.717, 1.165) is 76.8 Å². The second-order valence-corrected chi connectivity index (χ2v) is 7.75. The van der Waals surface area contributed by atoms with Gasteiger partial charge in [-0.25, -0.2) is 0 Å². The van der Waals surface area contributed by atoms with Crippen LogP contribution in [0.3, 0.4) is 0 Å². The Labute approximate surface area is 186 Å². The Kier molecular flexibility index (Phi) is 10.0. The van der Waals surface area contributed by atoms with Crippen molar-refractivity contribution in [2.75, 3.05) is 46.4 Å². The summed E-state index contributed by atoms with van der Waals surface area (Å²) in [5.41, 5.74) is 0.983. The smallest absolute Gasteiger partial charge is 0.193 e. The Morgan fingerprint density at radius 2 is 2.00 bits per heavy atom. The van der Waals surface area contributed by atoms with Gasteiger partial charge in [-0.1, -0.05) is 31.3 Å². The number of aromatic nitrogens is 1. The van der Waals surface area contributed by atoms with Crippen LogP contribution in [0.4, 0.5) is 0 Å². The molecule has 2 heterocycles. The van der Waals surface area contributed by atoms with E-state index in [1.165, 1.54) is 19.3 Å². The van der Waals surface area contributed by atoms with Gasteiger partial charge in [0.15, 0.2) is 5.96 Å². The molecule has 1 aromatic rings. The van der Waals surface area contributed by atoms with Crippen molar-refractivity contribution in [3.05, 3.63) is 18.0 Å². The van der Waals surface area contributed by atoms with Gasteiger partial charge in [0, 0.05) is 59.0 Å². The largest absolute Gasteiger partial charge is 0.373 e. The standard InChI is InChI=1S/C20H35N5O2.HI/c1-3-14-26-20(8-5-4-6-9-20)17-22-19(21-2)25-12-10-24(11-13-25)16-18-7-15-27-23-18;/h7,15H,3-6,8-14,16-17H2,1-2H3,(H,21,22);1H. The molecule has 2 aliphatic rings. The highest BCUT2D eigenvalue weighted by atomic mass is 127. The molecule has 1 saturated carbocycles. The van der Waals surface area contributed by atoms with Gasteiger partial charge in [0.25, 0.3) is 0 Å². The van der Waals surface area contributed by atoms with Gasteiger partial charge >= 0.3 is 0 Å². The maximum atomic E-state index is 6.32. The van der Waals surface area contributed by atoms with Crippen LogP contribution in [0.25, 0.3) is 0 Å². The average Bonchev–Trinajstić information content (AvgIpc) is 3.22. The number of rotatable bonds is 7. The predicted octanol–water partition coefficient (Wildman–Crippen LogP) is 3.12. The monoisotopic (exact) mass is 505 g/mol. The Balaban J connectivity index is 0.00000280. The van der Waals surface area contributed by atoms with Crippen molar-refractivity contribution >= 4 is 29.9 Å². The van der Waals surface area contributed by atoms with Crippen LogP contribution in [0.5, 0.6) is 0 Å². The van der Waals surface area contributed by atoms with Crippen molar-refractivity contribution in [1.29, 1.82) is 0 Å². The van der Waals surface area contributed by atoms with E-state index in [0.29, 0.717) is 0 Å². The third kappa shape index (κ3) is 6.59. The number of piperazine rings is 1. The van der Waals surface area contributed by atoms with E-state index in [4.69, 9.17) is 9.26 Å². The fraction of sp³-hybridized carbons (Fsp3) is 0.800. The molecule has 0 unspecified atom stereocenters. The summed E-state index contributed by atoms with van der Waals surface area (Å²) in [6, 6.07) is 1.94. The molecule has 0 bridgehead atoms. The SMILES string of the molecule is CCCOC1(CNC(=NC)N2CCN(Cc3ccon3)CC2)CCCCC1.I. The van der Waals surface area contributed by atoms with Crippen LogP contribution in [0.1, 0.15) is 51.1 Å². The van der Waals surface area contributed by atoms with Crippen molar-refractivity contribution in [2.24, 2.45) is 4.99 Å². The molecule has 3 rings (SSSR count). The fourth-order valence-corrected chi connectivity index (χ4v) is 4.13. The van der Waals surface area contributed by atoms with Crippen molar-refractivity contribution in [3.63, 3.8) is 0 Å². The van der Waals surface area contributed by atoms with Crippen LogP contribution < -0.4 is 5.32 Å². The second kappa shape index (κ2) is 12.0. The molecule has 0 aromatic carbocycles. The summed E-state index contributed by atoms with van der Waals surface area (Å²) in [5, 5.41) is 7.64. The Morgan fingerprint density at radius 1 is 1.25 bits per heavy atom. The molecule has 0 spiro atoms. The Hall–Kier alpha value is -0.870. The Bertz CT molecular complexity index is 567. The minimum absolute atomic E-state index is 0. The lowest BCUT2D eigenvalue weighted by atomic mass is 9.84. The fourth-order valence-electron chi connectivity index (χ4n) is 4.13. The maximum Gasteiger partial charge on any atom is 0.193 e. The second-order valence-electron chi connectivity index (χ2n) is 7.75. The van der Waals surface area contributed by atoms with Crippen molar-refractivity contribution in [1.82, 2.24) is 20.3 Å². The quantitative estimate of drug-likeness (QED) is 0.349. The molecule has 7 nitrogen and oxygen atoms in total. The number of halogens is 1. The summed E-state index contributed by atoms with van der Waals surface area (Å²) in [6.45, 7) is 8.70. The van der Waals surface area contributed by atoms with E-state index in [1.807, 2.05) is 13.1 Å². The number of guanidine groups is 1. The number of aliphatic imine (C=N–C) groups is 1. The average molecular weight is 505 g/mol. The summed E-state index contributed by atoms with van der Waals surface area (Å²) in [6.07, 6.45) is 8.89. The van der Waals surface area contributed by atoms with Crippen LogP contribution in [0.2, 0.25) is 0 Å². The highest BCUT2D eigenvalue weighted by molar-refractivity contribution is 14.0. The van der Waals surface area contributed by atoms with E-state index in [9.17, 15) is 0 Å². The first-order chi connectivity index (χ1) is 13.2. The van der Waals surface area contributed by atoms with Gasteiger partial charge in [-0.3, -0.25) is 9.89 Å². The molecule has 0 amide bonds. The Morgan fingerprint density at radius 3 is 2.61 bits per heavy atom. The highest BCUT2D eigenvalue weighted by Crippen LogP contribution is 2.31. The molecule has 2 fully saturated rings. The van der Waals surface area contributed by atoms with Crippen LogP contribution in [0, 0.1) is 0 Å². The minimum Gasteiger partial charge on any atom is -0.373 e. The maximum absolute atomic E-state index is 6.32. The van der Waals surface area contributed by atoms with E-state index < -0.39 is 0 Å². The first-order valence-corrected chi connectivity index (χ1v) is 10.5. The number of ether oxygens (including phenoxy) is 1. The van der Waals surface area contributed by atoms with Gasteiger partial charge < -0.3 is 19.5 Å². The predicted molar refractivity (Wildman–Crippen MR) is 122 cm³/mol. The van der Waals surface area contributed by atoms with Crippen LogP contribution in [-0.2, 0) is 11.3 Å². The van der Waals surface area contributed by atoms with E-state index in [-0.39, 0.29) is 29.6 Å². The molecule has 160 valence electrons. The summed E-state index contributed by atoms with van der Waals surface area (Å²) in [4.78, 5) is 9.31. The van der Waals surface area contributed by atoms with Gasteiger partial charge in [-0.2, -0.15) is 0 Å². The number of hydrogen-bond acceptors (Lipinski definition) is 5. The molecule has 28 heavy (non-hydrogen) atoms. The van der Waals surface area contributed by atoms with Crippen molar-refractivity contribution < 1.29 is 9.26 Å². The highest BCUT2D eigenvalue weighted by Gasteiger charge is 2.33. The third-order valence-corrected chi connectivity index (χ3v) is 5.71. The molecular formula is C20H36IN5O2. The molecule has 0 atom stereocenters. The molecule has 0 radical (unpaired) electrons. The summed E-state index contributed by atoms with van der Waals surface area (Å²) in [7, 11) is 1.88. The van der Waals surface area contributed by atoms with Gasteiger partial charge in [0.2, 0.25) is 0 Å². The first kappa shape index (κ1) is 23.4. The zero-order chi connectivity index (χ0) is 19.0. The van der Waals surface area contributed by atoms with Crippen LogP contribution in [0.15, 0.2) is 21.8 Å². The number of nitrogens with zero attached hydrogens (tertiary/aromatic N) is 4. The van der Waals surface area contributed by atoms with Crippen LogP contribution >= 0.6 is 24.0 Å². The molecule has 8 heteroatoms. The number of hydrogen-bond donors (Lipinski definition) is 1. The molecular weight excluding hydrogens is 469 g/mol. The lowest BCUT2D eigenvalue weighted by Gasteiger charge is -2.40. The lowest BCUT2D eigenvalue weighted by Crippen LogP contribution is -2.55. The normalized spacial score (nSPS) is 20.6. The molecule has 1 aliphatic heterocycles. The van der Waals surface area contributed by atoms with E-state index in [2.05, 4.69) is 32.2 Å². The minimum atomic E-state index is -0.0149. The molecule has 1 aromatic heterocycles. The molecule has 1 N–H and O–H groups in total. The summed E-state index contributed by atoms with van der Waals surface area (Å²) >= 11 is 0. The zero-order valence-corrected chi connectivity index (χ0v) is 19.7. The van der Waals surface area contributed by atoms with E-state index in [1.54, 1.807) is 6.26 Å². The van der Waals surface area contributed by atoms with Gasteiger partial charge in [0.1, 0.15) is 6.26 Å².